The van der Waals surface area contributed by atoms with Crippen LogP contribution in [0.2, 0.25) is 0 Å². The zero-order valence-corrected chi connectivity index (χ0v) is 12.2. The maximum Gasteiger partial charge on any atom is 0.0895 e. The molecule has 2 unspecified atom stereocenters. The second-order valence-electron chi connectivity index (χ2n) is 5.37. The Kier molecular flexibility index (Phi) is 6.57. The molecule has 0 spiro atoms. The third-order valence-electron chi connectivity index (χ3n) is 4.57. The van der Waals surface area contributed by atoms with Gasteiger partial charge in [0.05, 0.1) is 12.7 Å². The zero-order valence-electron chi connectivity index (χ0n) is 12.2. The van der Waals surface area contributed by atoms with Crippen LogP contribution in [-0.2, 0) is 0 Å². The number of likely N-dealkylation sites (tertiary alicyclic amines) is 1. The molecule has 0 bridgehead atoms. The van der Waals surface area contributed by atoms with Crippen molar-refractivity contribution in [1.29, 1.82) is 0 Å². The molecule has 108 valence electrons. The number of nitrogens with zero attached hydrogens (tertiary/aromatic N) is 1. The van der Waals surface area contributed by atoms with E-state index in [4.69, 9.17) is 5.11 Å². The Morgan fingerprint density at radius 2 is 2.00 bits per heavy atom. The average Bonchev–Trinajstić information content (AvgIpc) is 2.89. The maximum atomic E-state index is 9.55. The molecular weight excluding hydrogens is 228 g/mol. The molecule has 0 amide bonds. The monoisotopic (exact) mass is 258 g/mol. The van der Waals surface area contributed by atoms with E-state index in [1.807, 2.05) is 0 Å². The number of aliphatic hydroxyl groups excluding tert-OH is 2. The summed E-state index contributed by atoms with van der Waals surface area (Å²) in [4.78, 5) is 2.55. The van der Waals surface area contributed by atoms with Crippen LogP contribution >= 0.6 is 0 Å². The lowest BCUT2D eigenvalue weighted by Gasteiger charge is -2.43. The van der Waals surface area contributed by atoms with Gasteiger partial charge in [-0.2, -0.15) is 0 Å². The van der Waals surface area contributed by atoms with Gasteiger partial charge in [-0.15, -0.1) is 0 Å². The van der Waals surface area contributed by atoms with Crippen molar-refractivity contribution >= 4 is 0 Å². The van der Waals surface area contributed by atoms with Crippen molar-refractivity contribution in [3.05, 3.63) is 0 Å². The lowest BCUT2D eigenvalue weighted by Crippen LogP contribution is -2.59. The number of nitrogens with one attached hydrogen (secondary N) is 1. The van der Waals surface area contributed by atoms with E-state index in [-0.39, 0.29) is 12.1 Å². The van der Waals surface area contributed by atoms with E-state index in [1.165, 1.54) is 19.4 Å². The van der Waals surface area contributed by atoms with Crippen LogP contribution in [0.15, 0.2) is 0 Å². The predicted octanol–water partition coefficient (Wildman–Crippen LogP) is 0.972. The first-order chi connectivity index (χ1) is 8.63. The van der Waals surface area contributed by atoms with Crippen LogP contribution in [-0.4, -0.2) is 59.0 Å². The molecule has 3 N–H and O–H groups in total. The topological polar surface area (TPSA) is 55.7 Å². The molecule has 1 aliphatic rings. The highest BCUT2D eigenvalue weighted by Crippen LogP contribution is 2.31. The molecule has 0 aromatic rings. The summed E-state index contributed by atoms with van der Waals surface area (Å²) in [5, 5.41) is 22.0. The van der Waals surface area contributed by atoms with Gasteiger partial charge < -0.3 is 15.5 Å². The minimum atomic E-state index is -0.654. The van der Waals surface area contributed by atoms with Crippen LogP contribution in [0.1, 0.15) is 46.5 Å². The van der Waals surface area contributed by atoms with Gasteiger partial charge in [0.2, 0.25) is 0 Å². The van der Waals surface area contributed by atoms with Crippen LogP contribution in [0.4, 0.5) is 0 Å². The SMILES string of the molecule is CCN1CCCC1C(CC)(CC)NCC(O)CO. The van der Waals surface area contributed by atoms with Gasteiger partial charge in [-0.25, -0.2) is 0 Å². The summed E-state index contributed by atoms with van der Waals surface area (Å²) in [7, 11) is 0. The molecule has 1 aliphatic heterocycles. The van der Waals surface area contributed by atoms with Crippen molar-refractivity contribution < 1.29 is 10.2 Å². The smallest absolute Gasteiger partial charge is 0.0895 e. The Hall–Kier alpha value is -0.160. The van der Waals surface area contributed by atoms with Gasteiger partial charge in [0, 0.05) is 18.1 Å². The summed E-state index contributed by atoms with van der Waals surface area (Å²) >= 11 is 0. The molecule has 1 fully saturated rings. The molecule has 1 saturated heterocycles. The molecule has 0 aromatic carbocycles. The summed E-state index contributed by atoms with van der Waals surface area (Å²) in [5.74, 6) is 0. The van der Waals surface area contributed by atoms with Crippen LogP contribution in [0.3, 0.4) is 0 Å². The molecule has 1 heterocycles. The van der Waals surface area contributed by atoms with Crippen molar-refractivity contribution in [2.24, 2.45) is 0 Å². The highest BCUT2D eigenvalue weighted by Gasteiger charge is 2.40. The summed E-state index contributed by atoms with van der Waals surface area (Å²) in [6.07, 6.45) is 3.97. The van der Waals surface area contributed by atoms with Crippen LogP contribution < -0.4 is 5.32 Å². The highest BCUT2D eigenvalue weighted by molar-refractivity contribution is 5.01. The first-order valence-corrected chi connectivity index (χ1v) is 7.41. The van der Waals surface area contributed by atoms with Crippen molar-refractivity contribution in [3.8, 4) is 0 Å². The summed E-state index contributed by atoms with van der Waals surface area (Å²) in [6, 6.07) is 0.559. The standard InChI is InChI=1S/C14H30N2O2/c1-4-14(5-2,15-10-12(18)11-17)13-8-7-9-16(13)6-3/h12-13,15,17-18H,4-11H2,1-3H3. The number of aliphatic hydroxyl groups is 2. The molecule has 1 rings (SSSR count). The van der Waals surface area contributed by atoms with Crippen LogP contribution in [0, 0.1) is 0 Å². The van der Waals surface area contributed by atoms with E-state index in [1.54, 1.807) is 0 Å². The van der Waals surface area contributed by atoms with Crippen molar-refractivity contribution in [3.63, 3.8) is 0 Å². The quantitative estimate of drug-likeness (QED) is 0.607. The molecule has 18 heavy (non-hydrogen) atoms. The van der Waals surface area contributed by atoms with Crippen LogP contribution in [0.5, 0.6) is 0 Å². The van der Waals surface area contributed by atoms with E-state index in [0.717, 1.165) is 19.4 Å². The normalized spacial score (nSPS) is 23.5. The summed E-state index contributed by atoms with van der Waals surface area (Å²) in [5.41, 5.74) is 0.0721. The Morgan fingerprint density at radius 1 is 1.33 bits per heavy atom. The Bertz CT molecular complexity index is 232. The maximum absolute atomic E-state index is 9.55. The second kappa shape index (κ2) is 7.43. The number of hydrogen-bond donors (Lipinski definition) is 3. The van der Waals surface area contributed by atoms with E-state index in [0.29, 0.717) is 12.6 Å². The first kappa shape index (κ1) is 15.9. The molecule has 0 aromatic heterocycles. The molecule has 0 radical (unpaired) electrons. The van der Waals surface area contributed by atoms with E-state index >= 15 is 0 Å². The third kappa shape index (κ3) is 3.44. The Balaban J connectivity index is 2.72. The van der Waals surface area contributed by atoms with Gasteiger partial charge >= 0.3 is 0 Å². The molecular formula is C14H30N2O2. The average molecular weight is 258 g/mol. The minimum absolute atomic E-state index is 0.0721. The van der Waals surface area contributed by atoms with Crippen molar-refractivity contribution in [1.82, 2.24) is 10.2 Å². The molecule has 0 saturated carbocycles. The fourth-order valence-corrected chi connectivity index (χ4v) is 3.31. The van der Waals surface area contributed by atoms with Crippen molar-refractivity contribution in [2.45, 2.75) is 64.1 Å². The number of rotatable bonds is 8. The summed E-state index contributed by atoms with van der Waals surface area (Å²) < 4.78 is 0. The molecule has 4 heteroatoms. The largest absolute Gasteiger partial charge is 0.394 e. The molecule has 2 atom stereocenters. The van der Waals surface area contributed by atoms with Crippen LogP contribution in [0.25, 0.3) is 0 Å². The van der Waals surface area contributed by atoms with E-state index in [2.05, 4.69) is 31.0 Å². The third-order valence-corrected chi connectivity index (χ3v) is 4.57. The van der Waals surface area contributed by atoms with Gasteiger partial charge in [-0.3, -0.25) is 4.90 Å². The Labute approximate surface area is 111 Å². The Morgan fingerprint density at radius 3 is 2.50 bits per heavy atom. The lowest BCUT2D eigenvalue weighted by molar-refractivity contribution is 0.0664. The predicted molar refractivity (Wildman–Crippen MR) is 74.7 cm³/mol. The van der Waals surface area contributed by atoms with Crippen molar-refractivity contribution in [2.75, 3.05) is 26.2 Å². The second-order valence-corrected chi connectivity index (χ2v) is 5.37. The minimum Gasteiger partial charge on any atom is -0.394 e. The van der Waals surface area contributed by atoms with E-state index < -0.39 is 6.10 Å². The lowest BCUT2D eigenvalue weighted by atomic mass is 9.82. The fourth-order valence-electron chi connectivity index (χ4n) is 3.31. The molecule has 0 aliphatic carbocycles. The fraction of sp³-hybridized carbons (Fsp3) is 1.00. The zero-order chi connectivity index (χ0) is 13.6. The van der Waals surface area contributed by atoms with Gasteiger partial charge in [0.15, 0.2) is 0 Å². The van der Waals surface area contributed by atoms with Gasteiger partial charge in [-0.05, 0) is 38.8 Å². The first-order valence-electron chi connectivity index (χ1n) is 7.41. The molecule has 4 nitrogen and oxygen atoms in total. The number of hydrogen-bond acceptors (Lipinski definition) is 4. The number of likely N-dealkylation sites (N-methyl/N-ethyl adjacent to an activating group) is 1. The van der Waals surface area contributed by atoms with Gasteiger partial charge in [0.1, 0.15) is 0 Å². The van der Waals surface area contributed by atoms with E-state index in [9.17, 15) is 5.11 Å². The van der Waals surface area contributed by atoms with Gasteiger partial charge in [-0.1, -0.05) is 20.8 Å². The number of β-amino-alcohol motifs (C(OH)–C–C–N with tert-alkyl or cyclic N) is 1. The summed E-state index contributed by atoms with van der Waals surface area (Å²) in [6.45, 7) is 9.24. The van der Waals surface area contributed by atoms with Gasteiger partial charge in [0.25, 0.3) is 0 Å². The highest BCUT2D eigenvalue weighted by atomic mass is 16.3.